The predicted octanol–water partition coefficient (Wildman–Crippen LogP) is 1.97. The first-order valence-electron chi connectivity index (χ1n) is 8.08. The van der Waals surface area contributed by atoms with Crippen LogP contribution in [0.15, 0.2) is 27.9 Å². The van der Waals surface area contributed by atoms with Crippen molar-refractivity contribution < 1.29 is 12.9 Å². The molecule has 2 N–H and O–H groups in total. The number of nitrogens with two attached hydrogens (primary N) is 1. The summed E-state index contributed by atoms with van der Waals surface area (Å²) in [5.74, 6) is 2.47. The van der Waals surface area contributed by atoms with Crippen molar-refractivity contribution in [3.05, 3.63) is 35.6 Å². The molecule has 0 saturated heterocycles. The topological polar surface area (TPSA) is 112 Å². The van der Waals surface area contributed by atoms with Gasteiger partial charge in [-0.05, 0) is 35.8 Å². The zero-order valence-electron chi connectivity index (χ0n) is 13.6. The summed E-state index contributed by atoms with van der Waals surface area (Å²) in [6.07, 6.45) is 4.98. The summed E-state index contributed by atoms with van der Waals surface area (Å²) in [5.41, 5.74) is 0.924. The van der Waals surface area contributed by atoms with Crippen molar-refractivity contribution in [3.63, 3.8) is 0 Å². The van der Waals surface area contributed by atoms with Gasteiger partial charge in [-0.25, -0.2) is 18.5 Å². The first kappa shape index (κ1) is 15.7. The number of sulfonamides is 1. The van der Waals surface area contributed by atoms with Gasteiger partial charge in [0.05, 0.1) is 5.92 Å². The number of aromatic nitrogens is 3. The third-order valence-corrected chi connectivity index (χ3v) is 5.98. The predicted molar refractivity (Wildman–Crippen MR) is 85.6 cm³/mol. The van der Waals surface area contributed by atoms with Crippen molar-refractivity contribution in [1.82, 2.24) is 15.1 Å². The van der Waals surface area contributed by atoms with Gasteiger partial charge in [0.1, 0.15) is 0 Å². The van der Waals surface area contributed by atoms with Crippen LogP contribution in [-0.4, -0.2) is 23.5 Å². The molecule has 128 valence electrons. The molecule has 0 bridgehead atoms. The van der Waals surface area contributed by atoms with Gasteiger partial charge in [-0.15, -0.1) is 0 Å². The second kappa shape index (κ2) is 5.10. The summed E-state index contributed by atoms with van der Waals surface area (Å²) in [7, 11) is -3.77. The highest BCUT2D eigenvalue weighted by Crippen LogP contribution is 2.69. The van der Waals surface area contributed by atoms with Gasteiger partial charge in [0.2, 0.25) is 5.89 Å². The Hall–Kier alpha value is -1.80. The van der Waals surface area contributed by atoms with Gasteiger partial charge in [-0.3, -0.25) is 0 Å². The molecule has 2 aromatic heterocycles. The minimum atomic E-state index is -3.77. The van der Waals surface area contributed by atoms with E-state index in [-0.39, 0.29) is 22.3 Å². The Bertz CT molecular complexity index is 869. The van der Waals surface area contributed by atoms with Gasteiger partial charge in [-0.2, -0.15) is 4.98 Å². The second-order valence-corrected chi connectivity index (χ2v) is 8.96. The molecule has 24 heavy (non-hydrogen) atoms. The van der Waals surface area contributed by atoms with E-state index in [1.165, 1.54) is 18.9 Å². The maximum Gasteiger partial charge on any atom is 0.255 e. The van der Waals surface area contributed by atoms with Crippen LogP contribution in [0.25, 0.3) is 0 Å². The number of primary sulfonamides is 1. The van der Waals surface area contributed by atoms with Crippen LogP contribution in [0, 0.1) is 11.3 Å². The summed E-state index contributed by atoms with van der Waals surface area (Å²) >= 11 is 0. The average Bonchev–Trinajstić information content (AvgIpc) is 3.35. The van der Waals surface area contributed by atoms with Crippen LogP contribution in [0.5, 0.6) is 0 Å². The van der Waals surface area contributed by atoms with Crippen LogP contribution < -0.4 is 5.14 Å². The third-order valence-electron chi connectivity index (χ3n) is 5.16. The lowest BCUT2D eigenvalue weighted by atomic mass is 10.1. The van der Waals surface area contributed by atoms with E-state index < -0.39 is 10.0 Å². The summed E-state index contributed by atoms with van der Waals surface area (Å²) < 4.78 is 28.1. The second-order valence-electron chi connectivity index (χ2n) is 7.45. The highest BCUT2D eigenvalue weighted by molar-refractivity contribution is 7.89. The smallest absolute Gasteiger partial charge is 0.255 e. The molecule has 2 heterocycles. The summed E-state index contributed by atoms with van der Waals surface area (Å²) in [6, 6.07) is 3.21. The van der Waals surface area contributed by atoms with Crippen molar-refractivity contribution in [2.24, 2.45) is 16.5 Å². The van der Waals surface area contributed by atoms with Crippen molar-refractivity contribution in [3.8, 4) is 0 Å². The van der Waals surface area contributed by atoms with E-state index in [0.29, 0.717) is 11.8 Å². The average molecular weight is 348 g/mol. The van der Waals surface area contributed by atoms with Gasteiger partial charge in [0, 0.05) is 18.5 Å². The third kappa shape index (κ3) is 2.73. The lowest BCUT2D eigenvalue weighted by Gasteiger charge is -2.03. The zero-order valence-corrected chi connectivity index (χ0v) is 14.5. The molecular formula is C16H20N4O3S. The largest absolute Gasteiger partial charge is 0.339 e. The maximum absolute atomic E-state index is 11.3. The molecule has 0 unspecified atom stereocenters. The Morgan fingerprint density at radius 2 is 2.04 bits per heavy atom. The van der Waals surface area contributed by atoms with Crippen molar-refractivity contribution in [2.75, 3.05) is 0 Å². The molecule has 2 saturated carbocycles. The van der Waals surface area contributed by atoms with Crippen LogP contribution in [0.3, 0.4) is 0 Å². The zero-order chi connectivity index (χ0) is 17.1. The number of rotatable bonds is 5. The number of pyridine rings is 1. The fraction of sp³-hybridized carbons (Fsp3) is 0.562. The first-order chi connectivity index (χ1) is 11.3. The van der Waals surface area contributed by atoms with Gasteiger partial charge in [-0.1, -0.05) is 25.1 Å². The molecule has 0 aromatic carbocycles. The Balaban J connectivity index is 1.56. The molecule has 0 spiro atoms. The quantitative estimate of drug-likeness (QED) is 0.884. The monoisotopic (exact) mass is 348 g/mol. The normalized spacial score (nSPS) is 25.6. The van der Waals surface area contributed by atoms with Crippen molar-refractivity contribution >= 4 is 10.0 Å². The maximum atomic E-state index is 11.3. The molecule has 0 amide bonds. The number of nitrogens with zero attached hydrogens (tertiary/aromatic N) is 3. The summed E-state index contributed by atoms with van der Waals surface area (Å²) in [6.45, 7) is 4.28. The minimum Gasteiger partial charge on any atom is -0.339 e. The molecule has 0 radical (unpaired) electrons. The Kier molecular flexibility index (Phi) is 3.34. The molecule has 0 aliphatic heterocycles. The van der Waals surface area contributed by atoms with Crippen molar-refractivity contribution in [1.29, 1.82) is 0 Å². The Morgan fingerprint density at radius 1 is 1.29 bits per heavy atom. The molecule has 2 fully saturated rings. The van der Waals surface area contributed by atoms with Gasteiger partial charge >= 0.3 is 0 Å². The van der Waals surface area contributed by atoms with Crippen LogP contribution in [-0.2, 0) is 16.4 Å². The van der Waals surface area contributed by atoms with Crippen LogP contribution in [0.4, 0.5) is 0 Å². The lowest BCUT2D eigenvalue weighted by Crippen LogP contribution is -2.13. The van der Waals surface area contributed by atoms with Gasteiger partial charge < -0.3 is 4.52 Å². The fourth-order valence-electron chi connectivity index (χ4n) is 3.52. The van der Waals surface area contributed by atoms with E-state index >= 15 is 0 Å². The van der Waals surface area contributed by atoms with Crippen molar-refractivity contribution in [2.45, 2.75) is 50.0 Å². The highest BCUT2D eigenvalue weighted by Gasteiger charge is 2.62. The highest BCUT2D eigenvalue weighted by atomic mass is 32.2. The molecule has 7 nitrogen and oxygen atoms in total. The minimum absolute atomic E-state index is 0.0336. The molecule has 2 aliphatic rings. The Labute approximate surface area is 140 Å². The molecule has 2 aliphatic carbocycles. The van der Waals surface area contributed by atoms with E-state index in [9.17, 15) is 8.42 Å². The summed E-state index contributed by atoms with van der Waals surface area (Å²) in [5, 5.41) is 9.07. The number of hydrogen-bond acceptors (Lipinski definition) is 6. The van der Waals surface area contributed by atoms with Gasteiger partial charge in [0.15, 0.2) is 10.9 Å². The first-order valence-corrected chi connectivity index (χ1v) is 9.62. The van der Waals surface area contributed by atoms with E-state index in [4.69, 9.17) is 9.66 Å². The lowest BCUT2D eigenvalue weighted by molar-refractivity contribution is 0.362. The van der Waals surface area contributed by atoms with Crippen LogP contribution >= 0.6 is 0 Å². The SMILES string of the molecule is CC1(C)[C@H](c2ccc(S(N)(=O)=O)nc2)[C@H]1c1nc(CC2CC2)no1. The molecule has 8 heteroatoms. The molecule has 2 atom stereocenters. The Morgan fingerprint density at radius 3 is 2.62 bits per heavy atom. The van der Waals surface area contributed by atoms with E-state index in [0.717, 1.165) is 17.8 Å². The fourth-order valence-corrected chi connectivity index (χ4v) is 3.98. The van der Waals surface area contributed by atoms with Crippen LogP contribution in [0.2, 0.25) is 0 Å². The van der Waals surface area contributed by atoms with E-state index in [2.05, 4.69) is 29.0 Å². The summed E-state index contributed by atoms with van der Waals surface area (Å²) in [4.78, 5) is 8.54. The van der Waals surface area contributed by atoms with E-state index in [1.807, 2.05) is 0 Å². The standard InChI is InChI=1S/C16H20N4O3S/c1-16(2)13(10-5-6-12(18-8-10)24(17,21)22)14(16)15-19-11(20-23-15)7-9-3-4-9/h5-6,8-9,13-14H,3-4,7H2,1-2H3,(H2,17,21,22)/t13-,14+/m1/s1. The van der Waals surface area contributed by atoms with Gasteiger partial charge in [0.25, 0.3) is 10.0 Å². The molecule has 4 rings (SSSR count). The van der Waals surface area contributed by atoms with Crippen LogP contribution in [0.1, 0.15) is 55.8 Å². The molecule has 2 aromatic rings. The number of hydrogen-bond donors (Lipinski definition) is 1. The molecular weight excluding hydrogens is 328 g/mol. The van der Waals surface area contributed by atoms with E-state index in [1.54, 1.807) is 12.3 Å².